The lowest BCUT2D eigenvalue weighted by Gasteiger charge is -2.36. The third-order valence-corrected chi connectivity index (χ3v) is 5.13. The van der Waals surface area contributed by atoms with Gasteiger partial charge in [-0.2, -0.15) is 4.98 Å². The van der Waals surface area contributed by atoms with E-state index in [0.717, 1.165) is 42.8 Å². The fourth-order valence-electron chi connectivity index (χ4n) is 3.57. The number of piperazine rings is 1. The van der Waals surface area contributed by atoms with Gasteiger partial charge in [0, 0.05) is 62.8 Å². The molecule has 10 heteroatoms. The van der Waals surface area contributed by atoms with Crippen molar-refractivity contribution < 1.29 is 18.3 Å². The summed E-state index contributed by atoms with van der Waals surface area (Å²) in [6.45, 7) is 6.93. The molecule has 1 aromatic heterocycles. The molecule has 0 saturated carbocycles. The molecule has 1 N–H and O–H groups in total. The van der Waals surface area contributed by atoms with E-state index in [-0.39, 0.29) is 11.7 Å². The third kappa shape index (κ3) is 4.76. The molecule has 2 saturated heterocycles. The van der Waals surface area contributed by atoms with Crippen molar-refractivity contribution in [3.8, 4) is 0 Å². The van der Waals surface area contributed by atoms with Crippen LogP contribution in [0.4, 0.5) is 31.0 Å². The second kappa shape index (κ2) is 8.78. The lowest BCUT2D eigenvalue weighted by molar-refractivity contribution is 0.122. The van der Waals surface area contributed by atoms with Crippen LogP contribution in [0.5, 0.6) is 0 Å². The molecule has 2 fully saturated rings. The van der Waals surface area contributed by atoms with E-state index < -0.39 is 11.6 Å². The van der Waals surface area contributed by atoms with Gasteiger partial charge in [0.15, 0.2) is 0 Å². The predicted octanol–water partition coefficient (Wildman–Crippen LogP) is 2.25. The number of carbonyl (C=O) groups is 1. The Morgan fingerprint density at radius 2 is 1.60 bits per heavy atom. The first kappa shape index (κ1) is 20.3. The molecular weight excluding hydrogens is 394 g/mol. The summed E-state index contributed by atoms with van der Waals surface area (Å²) in [4.78, 5) is 27.6. The largest absolute Gasteiger partial charge is 0.378 e. The van der Waals surface area contributed by atoms with E-state index >= 15 is 0 Å². The summed E-state index contributed by atoms with van der Waals surface area (Å²) in [6, 6.07) is 4.51. The van der Waals surface area contributed by atoms with Crippen LogP contribution in [0.25, 0.3) is 0 Å². The molecule has 2 aromatic rings. The lowest BCUT2D eigenvalue weighted by Crippen LogP contribution is -2.50. The van der Waals surface area contributed by atoms with Gasteiger partial charge in [0.25, 0.3) is 0 Å². The summed E-state index contributed by atoms with van der Waals surface area (Å²) < 4.78 is 32.0. The number of benzene rings is 1. The number of morpholine rings is 1. The van der Waals surface area contributed by atoms with Crippen molar-refractivity contribution in [2.45, 2.75) is 6.92 Å². The molecule has 0 bridgehead atoms. The van der Waals surface area contributed by atoms with Crippen molar-refractivity contribution in [1.29, 1.82) is 0 Å². The molecule has 2 aliphatic heterocycles. The van der Waals surface area contributed by atoms with Gasteiger partial charge in [-0.3, -0.25) is 0 Å². The normalized spacial score (nSPS) is 17.2. The highest BCUT2D eigenvalue weighted by atomic mass is 19.1. The lowest BCUT2D eigenvalue weighted by atomic mass is 10.3. The van der Waals surface area contributed by atoms with Crippen molar-refractivity contribution >= 4 is 23.5 Å². The number of hydrogen-bond acceptors (Lipinski definition) is 6. The number of aryl methyl sites for hydroxylation is 1. The minimum Gasteiger partial charge on any atom is -0.378 e. The minimum atomic E-state index is -0.731. The van der Waals surface area contributed by atoms with Crippen molar-refractivity contribution in [2.75, 3.05) is 67.6 Å². The number of halogens is 2. The summed E-state index contributed by atoms with van der Waals surface area (Å²) in [5.41, 5.74) is 0.983. The van der Waals surface area contributed by atoms with E-state index in [4.69, 9.17) is 9.72 Å². The molecule has 3 heterocycles. The van der Waals surface area contributed by atoms with Crippen LogP contribution in [-0.4, -0.2) is 73.4 Å². The Kier molecular flexibility index (Phi) is 5.93. The number of urea groups is 1. The predicted molar refractivity (Wildman–Crippen MR) is 109 cm³/mol. The van der Waals surface area contributed by atoms with Gasteiger partial charge in [0.05, 0.1) is 13.2 Å². The molecule has 30 heavy (non-hydrogen) atoms. The molecule has 2 amide bonds. The van der Waals surface area contributed by atoms with Gasteiger partial charge in [-0.1, -0.05) is 0 Å². The quantitative estimate of drug-likeness (QED) is 0.824. The monoisotopic (exact) mass is 418 g/mol. The van der Waals surface area contributed by atoms with E-state index in [2.05, 4.69) is 20.1 Å². The topological polar surface area (TPSA) is 73.8 Å². The van der Waals surface area contributed by atoms with Gasteiger partial charge in [0.2, 0.25) is 5.95 Å². The Bertz CT molecular complexity index is 894. The summed E-state index contributed by atoms with van der Waals surface area (Å²) in [5.74, 6) is 0.0634. The van der Waals surface area contributed by atoms with Crippen LogP contribution in [0.15, 0.2) is 24.3 Å². The Morgan fingerprint density at radius 1 is 0.933 bits per heavy atom. The smallest absolute Gasteiger partial charge is 0.321 e. The van der Waals surface area contributed by atoms with Crippen molar-refractivity contribution in [3.05, 3.63) is 41.6 Å². The first-order valence-electron chi connectivity index (χ1n) is 9.93. The van der Waals surface area contributed by atoms with Crippen molar-refractivity contribution in [2.24, 2.45) is 0 Å². The van der Waals surface area contributed by atoms with E-state index in [1.54, 1.807) is 4.90 Å². The molecular formula is C20H24F2N6O2. The molecule has 0 radical (unpaired) electrons. The maximum atomic E-state index is 13.3. The maximum Gasteiger partial charge on any atom is 0.321 e. The molecule has 0 atom stereocenters. The number of nitrogens with one attached hydrogen (secondary N) is 1. The number of nitrogens with zero attached hydrogens (tertiary/aromatic N) is 5. The number of aromatic nitrogens is 2. The Hall–Kier alpha value is -3.01. The van der Waals surface area contributed by atoms with Gasteiger partial charge in [-0.15, -0.1) is 0 Å². The summed E-state index contributed by atoms with van der Waals surface area (Å²) >= 11 is 0. The minimum absolute atomic E-state index is 0.0986. The highest BCUT2D eigenvalue weighted by molar-refractivity contribution is 5.89. The number of carbonyl (C=O) groups excluding carboxylic acids is 1. The number of ether oxygens (including phenoxy) is 1. The molecule has 1 aromatic carbocycles. The van der Waals surface area contributed by atoms with Crippen molar-refractivity contribution in [1.82, 2.24) is 14.9 Å². The number of rotatable bonds is 3. The molecule has 0 unspecified atom stereocenters. The Labute approximate surface area is 173 Å². The van der Waals surface area contributed by atoms with Gasteiger partial charge < -0.3 is 24.8 Å². The molecule has 0 aliphatic carbocycles. The Morgan fingerprint density at radius 3 is 2.27 bits per heavy atom. The average Bonchev–Trinajstić information content (AvgIpc) is 2.73. The SMILES string of the molecule is Cc1cc(N2CCN(C(=O)Nc3cc(F)cc(F)c3)CC2)nc(N2CCOCC2)n1. The average molecular weight is 418 g/mol. The molecule has 8 nitrogen and oxygen atoms in total. The number of amides is 2. The highest BCUT2D eigenvalue weighted by Gasteiger charge is 2.24. The van der Waals surface area contributed by atoms with Crippen LogP contribution in [0.2, 0.25) is 0 Å². The van der Waals surface area contributed by atoms with Crippen LogP contribution < -0.4 is 15.1 Å². The second-order valence-corrected chi connectivity index (χ2v) is 7.33. The van der Waals surface area contributed by atoms with Crippen LogP contribution >= 0.6 is 0 Å². The molecule has 0 spiro atoms. The maximum absolute atomic E-state index is 13.3. The molecule has 2 aliphatic rings. The second-order valence-electron chi connectivity index (χ2n) is 7.33. The first-order valence-corrected chi connectivity index (χ1v) is 9.93. The third-order valence-electron chi connectivity index (χ3n) is 5.13. The van der Waals surface area contributed by atoms with Gasteiger partial charge >= 0.3 is 6.03 Å². The van der Waals surface area contributed by atoms with Crippen LogP contribution in [0.1, 0.15) is 5.69 Å². The summed E-state index contributed by atoms with van der Waals surface area (Å²) in [7, 11) is 0. The van der Waals surface area contributed by atoms with E-state index in [1.165, 1.54) is 0 Å². The van der Waals surface area contributed by atoms with E-state index in [9.17, 15) is 13.6 Å². The number of anilines is 3. The fourth-order valence-corrected chi connectivity index (χ4v) is 3.57. The van der Waals surface area contributed by atoms with Crippen molar-refractivity contribution in [3.63, 3.8) is 0 Å². The van der Waals surface area contributed by atoms with Crippen LogP contribution in [0, 0.1) is 18.6 Å². The van der Waals surface area contributed by atoms with E-state index in [0.29, 0.717) is 45.3 Å². The zero-order valence-corrected chi connectivity index (χ0v) is 16.8. The van der Waals surface area contributed by atoms with Gasteiger partial charge in [-0.25, -0.2) is 18.6 Å². The number of hydrogen-bond donors (Lipinski definition) is 1. The Balaban J connectivity index is 1.38. The van der Waals surface area contributed by atoms with Gasteiger partial charge in [0.1, 0.15) is 17.5 Å². The zero-order valence-electron chi connectivity index (χ0n) is 16.8. The molecule has 160 valence electrons. The van der Waals surface area contributed by atoms with Crippen LogP contribution in [0.3, 0.4) is 0 Å². The summed E-state index contributed by atoms with van der Waals surface area (Å²) in [6.07, 6.45) is 0. The fraction of sp³-hybridized carbons (Fsp3) is 0.450. The van der Waals surface area contributed by atoms with Gasteiger partial charge in [-0.05, 0) is 19.1 Å². The van der Waals surface area contributed by atoms with Crippen LogP contribution in [-0.2, 0) is 4.74 Å². The zero-order chi connectivity index (χ0) is 21.1. The standard InChI is InChI=1S/C20H24F2N6O2/c1-14-10-18(25-19(23-14)27-6-8-30-9-7-27)26-2-4-28(5-3-26)20(29)24-17-12-15(21)11-16(22)13-17/h10-13H,2-9H2,1H3,(H,24,29). The van der Waals surface area contributed by atoms with E-state index in [1.807, 2.05) is 13.0 Å². The summed E-state index contributed by atoms with van der Waals surface area (Å²) in [5, 5.41) is 2.55. The molecule has 4 rings (SSSR count). The first-order chi connectivity index (χ1) is 14.5. The highest BCUT2D eigenvalue weighted by Crippen LogP contribution is 2.20.